The summed E-state index contributed by atoms with van der Waals surface area (Å²) in [5, 5.41) is 1.86. The van der Waals surface area contributed by atoms with E-state index in [4.69, 9.17) is 5.11 Å². The van der Waals surface area contributed by atoms with Crippen LogP contribution in [0.1, 0.15) is 0 Å². The standard InChI is InChI=1S/C11H6ClF16NO2/c12-11(27,28)10(25,26)9(23,24)8(21,22)7(19,20)6(17,18)5(15,16)4(13,14)3(31)29-1-2-30/h30H,1-2H2,(H,29,31). The van der Waals surface area contributed by atoms with Crippen LogP contribution in [-0.2, 0) is 4.79 Å². The number of nitrogens with one attached hydrogen (secondary N) is 1. The van der Waals surface area contributed by atoms with Crippen LogP contribution in [-0.4, -0.2) is 71.0 Å². The fourth-order valence-corrected chi connectivity index (χ4v) is 1.71. The monoisotopic (exact) mass is 523 g/mol. The first-order valence-corrected chi connectivity index (χ1v) is 7.21. The van der Waals surface area contributed by atoms with Gasteiger partial charge in [-0.1, -0.05) is 0 Å². The van der Waals surface area contributed by atoms with Crippen molar-refractivity contribution < 1.29 is 80.1 Å². The molecule has 0 spiro atoms. The Morgan fingerprint density at radius 3 is 1.19 bits per heavy atom. The predicted octanol–water partition coefficient (Wildman–Crippen LogP) is 4.37. The molecule has 0 fully saturated rings. The normalized spacial score (nSPS) is 15.8. The summed E-state index contributed by atoms with van der Waals surface area (Å²) in [6, 6.07) is 0. The van der Waals surface area contributed by atoms with Crippen LogP contribution in [0.25, 0.3) is 0 Å². The maximum absolute atomic E-state index is 13.4. The van der Waals surface area contributed by atoms with E-state index in [1.807, 2.05) is 0 Å². The van der Waals surface area contributed by atoms with Crippen molar-refractivity contribution in [3.8, 4) is 0 Å². The summed E-state index contributed by atoms with van der Waals surface area (Å²) in [4.78, 5) is 10.8. The molecule has 3 nitrogen and oxygen atoms in total. The zero-order chi connectivity index (χ0) is 25.7. The lowest BCUT2D eigenvalue weighted by atomic mass is 9.89. The summed E-state index contributed by atoms with van der Waals surface area (Å²) in [5.41, 5.74) is 0. The number of carbonyl (C=O) groups is 1. The number of aliphatic hydroxyl groups excluding tert-OH is 1. The lowest BCUT2D eigenvalue weighted by molar-refractivity contribution is -0.446. The van der Waals surface area contributed by atoms with Crippen LogP contribution in [0.15, 0.2) is 0 Å². The van der Waals surface area contributed by atoms with Crippen molar-refractivity contribution >= 4 is 17.5 Å². The van der Waals surface area contributed by atoms with Gasteiger partial charge in [0.05, 0.1) is 6.61 Å². The molecule has 0 rings (SSSR count). The predicted molar refractivity (Wildman–Crippen MR) is 65.5 cm³/mol. The first kappa shape index (κ1) is 29.6. The van der Waals surface area contributed by atoms with Crippen molar-refractivity contribution in [3.63, 3.8) is 0 Å². The Hall–Kier alpha value is -1.40. The van der Waals surface area contributed by atoms with E-state index in [0.29, 0.717) is 5.32 Å². The van der Waals surface area contributed by atoms with E-state index in [2.05, 4.69) is 11.6 Å². The Kier molecular flexibility index (Phi) is 7.52. The minimum atomic E-state index is -8.63. The smallest absolute Gasteiger partial charge is 0.393 e. The molecule has 0 aliphatic rings. The molecule has 0 saturated heterocycles. The molecule has 31 heavy (non-hydrogen) atoms. The van der Waals surface area contributed by atoms with Gasteiger partial charge in [-0.15, -0.1) is 0 Å². The molecule has 0 aliphatic heterocycles. The molecule has 186 valence electrons. The Bertz CT molecular complexity index is 673. The maximum Gasteiger partial charge on any atom is 0.393 e. The number of hydrogen-bond acceptors (Lipinski definition) is 2. The SMILES string of the molecule is O=C(NCCO)C(F)(F)C(F)(F)C(F)(F)C(F)(F)C(F)(F)C(F)(F)C(F)(F)C(F)(F)Cl. The average molecular weight is 524 g/mol. The highest BCUT2D eigenvalue weighted by molar-refractivity contribution is 6.22. The fraction of sp³-hybridized carbons (Fsp3) is 0.909. The molecule has 1 amide bonds. The molecule has 0 heterocycles. The van der Waals surface area contributed by atoms with Crippen LogP contribution in [0.5, 0.6) is 0 Å². The number of amides is 1. The quantitative estimate of drug-likeness (QED) is 0.330. The van der Waals surface area contributed by atoms with Gasteiger partial charge in [0.25, 0.3) is 5.91 Å². The van der Waals surface area contributed by atoms with Crippen molar-refractivity contribution in [2.45, 2.75) is 46.8 Å². The van der Waals surface area contributed by atoms with Crippen molar-refractivity contribution in [3.05, 3.63) is 0 Å². The molecular weight excluding hydrogens is 518 g/mol. The molecule has 0 aromatic heterocycles. The van der Waals surface area contributed by atoms with Crippen LogP contribution in [0.2, 0.25) is 0 Å². The minimum Gasteiger partial charge on any atom is -0.395 e. The van der Waals surface area contributed by atoms with Gasteiger partial charge in [0.1, 0.15) is 0 Å². The summed E-state index contributed by atoms with van der Waals surface area (Å²) in [6.45, 7) is -2.76. The summed E-state index contributed by atoms with van der Waals surface area (Å²) >= 11 is 3.36. The van der Waals surface area contributed by atoms with Gasteiger partial charge in [0, 0.05) is 6.54 Å². The van der Waals surface area contributed by atoms with Crippen LogP contribution >= 0.6 is 11.6 Å². The molecule has 0 unspecified atom stereocenters. The van der Waals surface area contributed by atoms with Gasteiger partial charge in [-0.05, 0) is 11.6 Å². The van der Waals surface area contributed by atoms with Crippen molar-refractivity contribution in [2.24, 2.45) is 0 Å². The highest BCUT2D eigenvalue weighted by Gasteiger charge is 2.95. The van der Waals surface area contributed by atoms with Gasteiger partial charge in [0.2, 0.25) is 0 Å². The average Bonchev–Trinajstić information content (AvgIpc) is 2.57. The molecule has 0 aromatic carbocycles. The van der Waals surface area contributed by atoms with Crippen molar-refractivity contribution in [2.75, 3.05) is 13.2 Å². The van der Waals surface area contributed by atoms with E-state index < -0.39 is 65.9 Å². The Balaban J connectivity index is 6.66. The lowest BCUT2D eigenvalue weighted by Crippen LogP contribution is -2.75. The lowest BCUT2D eigenvalue weighted by Gasteiger charge is -2.42. The Morgan fingerprint density at radius 1 is 0.613 bits per heavy atom. The van der Waals surface area contributed by atoms with Crippen LogP contribution < -0.4 is 5.32 Å². The minimum absolute atomic E-state index is 0.546. The van der Waals surface area contributed by atoms with Gasteiger partial charge in [-0.2, -0.15) is 70.2 Å². The third kappa shape index (κ3) is 3.95. The third-order valence-electron chi connectivity index (χ3n) is 3.40. The molecule has 0 bridgehead atoms. The summed E-state index contributed by atoms with van der Waals surface area (Å²) in [5.74, 6) is -60.6. The van der Waals surface area contributed by atoms with Crippen molar-refractivity contribution in [1.82, 2.24) is 5.32 Å². The molecule has 0 atom stereocenters. The van der Waals surface area contributed by atoms with E-state index in [-0.39, 0.29) is 0 Å². The topological polar surface area (TPSA) is 49.3 Å². The summed E-state index contributed by atoms with van der Waals surface area (Å²) in [6.07, 6.45) is 0. The fourth-order valence-electron chi connectivity index (χ4n) is 1.59. The van der Waals surface area contributed by atoms with Gasteiger partial charge >= 0.3 is 46.8 Å². The number of hydrogen-bond donors (Lipinski definition) is 2. The number of aliphatic hydroxyl groups is 1. The molecule has 20 heteroatoms. The molecule has 2 N–H and O–H groups in total. The molecular formula is C11H6ClF16NO2. The van der Waals surface area contributed by atoms with Gasteiger partial charge in [-0.25, -0.2) is 0 Å². The number of carbonyl (C=O) groups excluding carboxylic acids is 1. The van der Waals surface area contributed by atoms with Gasteiger partial charge in [0.15, 0.2) is 0 Å². The summed E-state index contributed by atoms with van der Waals surface area (Å²) in [7, 11) is 0. The highest BCUT2D eigenvalue weighted by Crippen LogP contribution is 2.64. The van der Waals surface area contributed by atoms with Crippen molar-refractivity contribution in [1.29, 1.82) is 0 Å². The Morgan fingerprint density at radius 2 is 0.903 bits per heavy atom. The van der Waals surface area contributed by atoms with E-state index in [0.717, 1.165) is 0 Å². The third-order valence-corrected chi connectivity index (χ3v) is 3.64. The maximum atomic E-state index is 13.4. The van der Waals surface area contributed by atoms with E-state index in [9.17, 15) is 75.0 Å². The second-order valence-corrected chi connectivity index (χ2v) is 5.97. The van der Waals surface area contributed by atoms with Crippen LogP contribution in [0, 0.1) is 0 Å². The highest BCUT2D eigenvalue weighted by atomic mass is 35.5. The van der Waals surface area contributed by atoms with E-state index in [1.165, 1.54) is 0 Å². The largest absolute Gasteiger partial charge is 0.395 e. The number of alkyl halides is 17. The molecule has 0 aromatic rings. The Labute approximate surface area is 164 Å². The molecule has 0 aliphatic carbocycles. The molecule has 0 saturated carbocycles. The van der Waals surface area contributed by atoms with Crippen LogP contribution in [0.4, 0.5) is 70.2 Å². The molecule has 0 radical (unpaired) electrons. The van der Waals surface area contributed by atoms with E-state index >= 15 is 0 Å². The van der Waals surface area contributed by atoms with Gasteiger partial charge < -0.3 is 10.4 Å². The zero-order valence-corrected chi connectivity index (χ0v) is 14.5. The van der Waals surface area contributed by atoms with Gasteiger partial charge in [-0.3, -0.25) is 4.79 Å². The first-order chi connectivity index (χ1) is 13.2. The number of rotatable bonds is 10. The second kappa shape index (κ2) is 7.87. The summed E-state index contributed by atoms with van der Waals surface area (Å²) < 4.78 is 210. The number of halogens is 17. The van der Waals surface area contributed by atoms with Crippen LogP contribution in [0.3, 0.4) is 0 Å². The second-order valence-electron chi connectivity index (χ2n) is 5.50. The zero-order valence-electron chi connectivity index (χ0n) is 13.7. The van der Waals surface area contributed by atoms with E-state index in [1.54, 1.807) is 0 Å². The first-order valence-electron chi connectivity index (χ1n) is 6.84.